The van der Waals surface area contributed by atoms with Gasteiger partial charge in [-0.15, -0.1) is 0 Å². The van der Waals surface area contributed by atoms with Crippen LogP contribution < -0.4 is 4.74 Å². The maximum Gasteiger partial charge on any atom is 0.193 e. The van der Waals surface area contributed by atoms with Gasteiger partial charge >= 0.3 is 0 Å². The molecule has 0 radical (unpaired) electrons. The van der Waals surface area contributed by atoms with E-state index in [0.717, 1.165) is 16.8 Å². The van der Waals surface area contributed by atoms with Crippen molar-refractivity contribution < 1.29 is 14.4 Å². The van der Waals surface area contributed by atoms with E-state index < -0.39 is 0 Å². The molecular formula is C18H17NO3. The van der Waals surface area contributed by atoms with Gasteiger partial charge in [-0.2, -0.15) is 0 Å². The van der Waals surface area contributed by atoms with Gasteiger partial charge < -0.3 is 9.57 Å². The molecule has 0 unspecified atom stereocenters. The Kier molecular flexibility index (Phi) is 3.92. The molecule has 0 saturated heterocycles. The van der Waals surface area contributed by atoms with Gasteiger partial charge in [0.1, 0.15) is 12.9 Å². The Morgan fingerprint density at radius 1 is 1.23 bits per heavy atom. The fourth-order valence-corrected chi connectivity index (χ4v) is 2.66. The van der Waals surface area contributed by atoms with Crippen LogP contribution in [0.1, 0.15) is 33.5 Å². The first-order valence-electron chi connectivity index (χ1n) is 7.18. The molecule has 112 valence electrons. The average molecular weight is 295 g/mol. The van der Waals surface area contributed by atoms with Gasteiger partial charge in [-0.05, 0) is 19.1 Å². The summed E-state index contributed by atoms with van der Waals surface area (Å²) in [4.78, 5) is 17.8. The number of ether oxygens (including phenoxy) is 1. The average Bonchev–Trinajstić information content (AvgIpc) is 2.54. The molecule has 0 fully saturated rings. The van der Waals surface area contributed by atoms with Crippen LogP contribution in [0.3, 0.4) is 0 Å². The van der Waals surface area contributed by atoms with Crippen LogP contribution in [0.4, 0.5) is 0 Å². The largest absolute Gasteiger partial charge is 0.492 e. The Labute approximate surface area is 129 Å². The number of nitrogens with zero attached hydrogens (tertiary/aromatic N) is 1. The molecule has 0 bridgehead atoms. The molecule has 2 aromatic carbocycles. The molecule has 0 amide bonds. The molecule has 1 aliphatic heterocycles. The van der Waals surface area contributed by atoms with E-state index in [1.165, 1.54) is 7.11 Å². The molecule has 0 atom stereocenters. The summed E-state index contributed by atoms with van der Waals surface area (Å²) < 4.78 is 5.66. The van der Waals surface area contributed by atoms with Gasteiger partial charge in [0.05, 0.1) is 17.9 Å². The van der Waals surface area contributed by atoms with Crippen LogP contribution in [-0.4, -0.2) is 25.2 Å². The van der Waals surface area contributed by atoms with Gasteiger partial charge in [-0.25, -0.2) is 0 Å². The second kappa shape index (κ2) is 6.02. The summed E-state index contributed by atoms with van der Waals surface area (Å²) in [7, 11) is 1.51. The minimum absolute atomic E-state index is 0.0325. The van der Waals surface area contributed by atoms with E-state index in [1.807, 2.05) is 49.4 Å². The number of ketones is 1. The molecule has 0 aliphatic carbocycles. The first-order valence-corrected chi connectivity index (χ1v) is 7.18. The topological polar surface area (TPSA) is 47.9 Å². The molecule has 0 aromatic heterocycles. The van der Waals surface area contributed by atoms with Gasteiger partial charge in [-0.1, -0.05) is 41.1 Å². The summed E-state index contributed by atoms with van der Waals surface area (Å²) in [6.07, 6.45) is 0.624. The quantitative estimate of drug-likeness (QED) is 0.644. The third-order valence-corrected chi connectivity index (χ3v) is 3.64. The second-order valence-electron chi connectivity index (χ2n) is 5.20. The zero-order valence-corrected chi connectivity index (χ0v) is 12.6. The van der Waals surface area contributed by atoms with Crippen LogP contribution in [0.25, 0.3) is 0 Å². The van der Waals surface area contributed by atoms with E-state index in [-0.39, 0.29) is 5.78 Å². The van der Waals surface area contributed by atoms with Crippen LogP contribution in [0.5, 0.6) is 5.75 Å². The predicted octanol–water partition coefficient (Wildman–Crippen LogP) is 3.36. The lowest BCUT2D eigenvalue weighted by Gasteiger charge is -2.21. The summed E-state index contributed by atoms with van der Waals surface area (Å²) in [6.45, 7) is 2.51. The Morgan fingerprint density at radius 2 is 2.05 bits per heavy atom. The summed E-state index contributed by atoms with van der Waals surface area (Å²) in [5.41, 5.74) is 3.80. The van der Waals surface area contributed by atoms with E-state index in [0.29, 0.717) is 29.9 Å². The van der Waals surface area contributed by atoms with Crippen molar-refractivity contribution in [2.75, 3.05) is 13.7 Å². The Morgan fingerprint density at radius 3 is 2.82 bits per heavy atom. The van der Waals surface area contributed by atoms with Crippen molar-refractivity contribution in [1.82, 2.24) is 0 Å². The zero-order chi connectivity index (χ0) is 15.5. The standard InChI is InChI=1S/C18H17NO3/c1-12-5-3-6-13(11-12)18(20)14-7-4-8-16-17(14)15(19-21-2)9-10-22-16/h3-8,11H,9-10H2,1-2H3/b19-15+. The number of carbonyl (C=O) groups is 1. The van der Waals surface area contributed by atoms with Crippen LogP contribution in [0.15, 0.2) is 47.6 Å². The fraction of sp³-hybridized carbons (Fsp3) is 0.222. The lowest BCUT2D eigenvalue weighted by molar-refractivity contribution is 0.103. The minimum atomic E-state index is -0.0325. The van der Waals surface area contributed by atoms with Crippen LogP contribution in [-0.2, 0) is 4.84 Å². The van der Waals surface area contributed by atoms with Gasteiger partial charge in [0.2, 0.25) is 0 Å². The summed E-state index contributed by atoms with van der Waals surface area (Å²) in [5, 5.41) is 4.06. The van der Waals surface area contributed by atoms with Crippen molar-refractivity contribution in [2.24, 2.45) is 5.16 Å². The molecule has 4 nitrogen and oxygen atoms in total. The molecule has 22 heavy (non-hydrogen) atoms. The summed E-state index contributed by atoms with van der Waals surface area (Å²) >= 11 is 0. The molecule has 3 rings (SSSR count). The van der Waals surface area contributed by atoms with E-state index in [1.54, 1.807) is 0 Å². The molecule has 4 heteroatoms. The lowest BCUT2D eigenvalue weighted by atomic mass is 9.92. The highest BCUT2D eigenvalue weighted by Gasteiger charge is 2.25. The number of rotatable bonds is 3. The molecule has 0 N–H and O–H groups in total. The number of oxime groups is 1. The van der Waals surface area contributed by atoms with Crippen molar-refractivity contribution in [1.29, 1.82) is 0 Å². The fourth-order valence-electron chi connectivity index (χ4n) is 2.66. The highest BCUT2D eigenvalue weighted by atomic mass is 16.6. The van der Waals surface area contributed by atoms with Crippen molar-refractivity contribution >= 4 is 11.5 Å². The first kappa shape index (κ1) is 14.3. The maximum absolute atomic E-state index is 12.9. The monoisotopic (exact) mass is 295 g/mol. The summed E-state index contributed by atoms with van der Waals surface area (Å²) in [6, 6.07) is 13.1. The smallest absolute Gasteiger partial charge is 0.193 e. The van der Waals surface area contributed by atoms with Crippen molar-refractivity contribution in [2.45, 2.75) is 13.3 Å². The normalized spacial score (nSPS) is 15.1. The number of hydrogen-bond acceptors (Lipinski definition) is 4. The van der Waals surface area contributed by atoms with Crippen LogP contribution in [0.2, 0.25) is 0 Å². The number of carbonyl (C=O) groups excluding carboxylic acids is 1. The highest BCUT2D eigenvalue weighted by Crippen LogP contribution is 2.30. The number of aryl methyl sites for hydroxylation is 1. The number of hydrogen-bond donors (Lipinski definition) is 0. The molecule has 2 aromatic rings. The van der Waals surface area contributed by atoms with Gasteiger partial charge in [-0.3, -0.25) is 4.79 Å². The van der Waals surface area contributed by atoms with E-state index in [4.69, 9.17) is 9.57 Å². The highest BCUT2D eigenvalue weighted by molar-refractivity contribution is 6.18. The predicted molar refractivity (Wildman–Crippen MR) is 84.7 cm³/mol. The van der Waals surface area contributed by atoms with Gasteiger partial charge in [0, 0.05) is 17.5 Å². The lowest BCUT2D eigenvalue weighted by Crippen LogP contribution is -2.20. The van der Waals surface area contributed by atoms with Crippen molar-refractivity contribution in [3.63, 3.8) is 0 Å². The van der Waals surface area contributed by atoms with Gasteiger partial charge in [0.25, 0.3) is 0 Å². The minimum Gasteiger partial charge on any atom is -0.492 e. The van der Waals surface area contributed by atoms with E-state index >= 15 is 0 Å². The summed E-state index contributed by atoms with van der Waals surface area (Å²) in [5.74, 6) is 0.649. The first-order chi connectivity index (χ1) is 10.7. The third kappa shape index (κ3) is 2.60. The second-order valence-corrected chi connectivity index (χ2v) is 5.20. The Balaban J connectivity index is 2.12. The van der Waals surface area contributed by atoms with Crippen LogP contribution >= 0.6 is 0 Å². The molecule has 1 aliphatic rings. The maximum atomic E-state index is 12.9. The number of benzene rings is 2. The molecule has 0 saturated carbocycles. The van der Waals surface area contributed by atoms with Gasteiger partial charge in [0.15, 0.2) is 5.78 Å². The molecule has 0 spiro atoms. The molecular weight excluding hydrogens is 278 g/mol. The Hall–Kier alpha value is -2.62. The zero-order valence-electron chi connectivity index (χ0n) is 12.6. The SMILES string of the molecule is CO/N=C1\CCOc2cccc(C(=O)c3cccc(C)c3)c21. The molecule has 1 heterocycles. The van der Waals surface area contributed by atoms with E-state index in [2.05, 4.69) is 5.16 Å². The van der Waals surface area contributed by atoms with E-state index in [9.17, 15) is 4.79 Å². The van der Waals surface area contributed by atoms with Crippen molar-refractivity contribution in [3.05, 3.63) is 64.7 Å². The Bertz CT molecular complexity index is 750. The number of fused-ring (bicyclic) bond motifs is 1. The van der Waals surface area contributed by atoms with Crippen molar-refractivity contribution in [3.8, 4) is 5.75 Å². The van der Waals surface area contributed by atoms with Crippen LogP contribution in [0, 0.1) is 6.92 Å². The third-order valence-electron chi connectivity index (χ3n) is 3.64.